The maximum atomic E-state index is 5.83. The fourth-order valence-corrected chi connectivity index (χ4v) is 1.77. The molecular formula is C13H17N3O3. The summed E-state index contributed by atoms with van der Waals surface area (Å²) in [7, 11) is 3.21. The fraction of sp³-hybridized carbons (Fsp3) is 0.385. The Hall–Kier alpha value is -1.92. The largest absolute Gasteiger partial charge is 0.496 e. The zero-order valence-electron chi connectivity index (χ0n) is 11.2. The van der Waals surface area contributed by atoms with E-state index in [1.807, 2.05) is 25.1 Å². The van der Waals surface area contributed by atoms with Gasteiger partial charge in [-0.25, -0.2) is 0 Å². The summed E-state index contributed by atoms with van der Waals surface area (Å²) in [5.41, 5.74) is 7.70. The van der Waals surface area contributed by atoms with Crippen molar-refractivity contribution < 1.29 is 14.0 Å². The van der Waals surface area contributed by atoms with Crippen molar-refractivity contribution in [1.82, 2.24) is 10.1 Å². The molecule has 0 radical (unpaired) electrons. The van der Waals surface area contributed by atoms with E-state index in [1.165, 1.54) is 0 Å². The lowest BCUT2D eigenvalue weighted by Gasteiger charge is -2.05. The number of aromatic nitrogens is 2. The predicted octanol–water partition coefficient (Wildman–Crippen LogP) is 1.70. The minimum atomic E-state index is -0.411. The number of rotatable bonds is 5. The highest BCUT2D eigenvalue weighted by molar-refractivity contribution is 5.58. The predicted molar refractivity (Wildman–Crippen MR) is 69.8 cm³/mol. The van der Waals surface area contributed by atoms with Gasteiger partial charge in [0.05, 0.1) is 13.7 Å². The molecule has 0 spiro atoms. The molecule has 0 saturated heterocycles. The van der Waals surface area contributed by atoms with Gasteiger partial charge in [-0.15, -0.1) is 0 Å². The molecule has 0 aliphatic rings. The Bertz CT molecular complexity index is 554. The monoisotopic (exact) mass is 263 g/mol. The third-order valence-corrected chi connectivity index (χ3v) is 2.76. The van der Waals surface area contributed by atoms with Crippen molar-refractivity contribution in [3.05, 3.63) is 29.7 Å². The van der Waals surface area contributed by atoms with Crippen molar-refractivity contribution in [1.29, 1.82) is 0 Å². The van der Waals surface area contributed by atoms with Crippen molar-refractivity contribution in [2.24, 2.45) is 5.73 Å². The molecule has 1 aromatic carbocycles. The topological polar surface area (TPSA) is 83.4 Å². The maximum absolute atomic E-state index is 5.83. The van der Waals surface area contributed by atoms with Gasteiger partial charge in [-0.05, 0) is 30.7 Å². The Morgan fingerprint density at radius 2 is 2.16 bits per heavy atom. The summed E-state index contributed by atoms with van der Waals surface area (Å²) < 4.78 is 15.3. The van der Waals surface area contributed by atoms with Gasteiger partial charge in [0.2, 0.25) is 11.7 Å². The van der Waals surface area contributed by atoms with Crippen LogP contribution >= 0.6 is 0 Å². The molecule has 1 aromatic heterocycles. The van der Waals surface area contributed by atoms with Crippen LogP contribution in [-0.2, 0) is 4.74 Å². The Balaban J connectivity index is 2.25. The number of benzene rings is 1. The van der Waals surface area contributed by atoms with Crippen LogP contribution < -0.4 is 10.5 Å². The molecule has 0 fully saturated rings. The first kappa shape index (κ1) is 13.5. The van der Waals surface area contributed by atoms with Gasteiger partial charge in [-0.3, -0.25) is 0 Å². The molecule has 102 valence electrons. The van der Waals surface area contributed by atoms with Crippen LogP contribution in [-0.4, -0.2) is 31.0 Å². The number of ether oxygens (including phenoxy) is 2. The summed E-state index contributed by atoms with van der Waals surface area (Å²) in [6.07, 6.45) is 0. The fourth-order valence-electron chi connectivity index (χ4n) is 1.77. The van der Waals surface area contributed by atoms with Crippen LogP contribution in [0.2, 0.25) is 0 Å². The highest BCUT2D eigenvalue weighted by atomic mass is 16.5. The smallest absolute Gasteiger partial charge is 0.246 e. The first-order valence-electron chi connectivity index (χ1n) is 5.89. The highest BCUT2D eigenvalue weighted by Crippen LogP contribution is 2.24. The lowest BCUT2D eigenvalue weighted by Crippen LogP contribution is -2.16. The van der Waals surface area contributed by atoms with Gasteiger partial charge in [0.15, 0.2) is 0 Å². The number of nitrogens with zero attached hydrogens (tertiary/aromatic N) is 2. The number of methoxy groups -OCH3 is 2. The van der Waals surface area contributed by atoms with Crippen LogP contribution in [0.3, 0.4) is 0 Å². The third kappa shape index (κ3) is 2.91. The van der Waals surface area contributed by atoms with E-state index < -0.39 is 6.04 Å². The SMILES string of the molecule is COCC(N)c1nc(-c2ccc(OC)c(C)c2)no1. The molecule has 2 N–H and O–H groups in total. The molecule has 0 aliphatic heterocycles. The highest BCUT2D eigenvalue weighted by Gasteiger charge is 2.15. The standard InChI is InChI=1S/C13H17N3O3/c1-8-6-9(4-5-11(8)18-3)12-15-13(19-16-12)10(14)7-17-2/h4-6,10H,7,14H2,1-3H3. The second kappa shape index (κ2) is 5.81. The van der Waals surface area contributed by atoms with Crippen LogP contribution in [0.25, 0.3) is 11.4 Å². The van der Waals surface area contributed by atoms with Crippen molar-refractivity contribution in [3.63, 3.8) is 0 Å². The Morgan fingerprint density at radius 3 is 2.79 bits per heavy atom. The van der Waals surface area contributed by atoms with Crippen LogP contribution in [0.1, 0.15) is 17.5 Å². The molecule has 0 bridgehead atoms. The normalized spacial score (nSPS) is 12.4. The van der Waals surface area contributed by atoms with E-state index in [2.05, 4.69) is 10.1 Å². The maximum Gasteiger partial charge on any atom is 0.246 e. The zero-order chi connectivity index (χ0) is 13.8. The van der Waals surface area contributed by atoms with Crippen LogP contribution in [0, 0.1) is 6.92 Å². The minimum absolute atomic E-state index is 0.337. The van der Waals surface area contributed by atoms with Gasteiger partial charge >= 0.3 is 0 Å². The average molecular weight is 263 g/mol. The molecule has 0 amide bonds. The van der Waals surface area contributed by atoms with E-state index >= 15 is 0 Å². The molecule has 0 aliphatic carbocycles. The average Bonchev–Trinajstić information content (AvgIpc) is 2.88. The minimum Gasteiger partial charge on any atom is -0.496 e. The van der Waals surface area contributed by atoms with Crippen LogP contribution in [0.15, 0.2) is 22.7 Å². The van der Waals surface area contributed by atoms with E-state index in [-0.39, 0.29) is 0 Å². The summed E-state index contributed by atoms with van der Waals surface area (Å²) in [4.78, 5) is 4.27. The molecule has 0 saturated carbocycles. The van der Waals surface area contributed by atoms with Gasteiger partial charge in [-0.2, -0.15) is 4.98 Å². The number of hydrogen-bond acceptors (Lipinski definition) is 6. The van der Waals surface area contributed by atoms with Crippen LogP contribution in [0.5, 0.6) is 5.75 Å². The quantitative estimate of drug-likeness (QED) is 0.884. The van der Waals surface area contributed by atoms with Crippen molar-refractivity contribution >= 4 is 0 Å². The molecule has 6 nitrogen and oxygen atoms in total. The van der Waals surface area contributed by atoms with Gasteiger partial charge in [0, 0.05) is 12.7 Å². The lowest BCUT2D eigenvalue weighted by atomic mass is 10.1. The number of nitrogens with two attached hydrogens (primary N) is 1. The summed E-state index contributed by atoms with van der Waals surface area (Å²) in [6.45, 7) is 2.29. The summed E-state index contributed by atoms with van der Waals surface area (Å²) >= 11 is 0. The summed E-state index contributed by atoms with van der Waals surface area (Å²) in [5.74, 6) is 1.70. The van der Waals surface area contributed by atoms with Gasteiger partial charge in [0.1, 0.15) is 11.8 Å². The molecule has 6 heteroatoms. The molecule has 2 rings (SSSR count). The number of aryl methyl sites for hydroxylation is 1. The second-order valence-electron chi connectivity index (χ2n) is 4.20. The van der Waals surface area contributed by atoms with E-state index in [9.17, 15) is 0 Å². The molecule has 1 unspecified atom stereocenters. The van der Waals surface area contributed by atoms with Crippen molar-refractivity contribution in [2.75, 3.05) is 20.8 Å². The van der Waals surface area contributed by atoms with Gasteiger partial charge in [-0.1, -0.05) is 5.16 Å². The zero-order valence-corrected chi connectivity index (χ0v) is 11.2. The second-order valence-corrected chi connectivity index (χ2v) is 4.20. The third-order valence-electron chi connectivity index (χ3n) is 2.76. The van der Waals surface area contributed by atoms with E-state index in [4.69, 9.17) is 19.7 Å². The summed E-state index contributed by atoms with van der Waals surface area (Å²) in [5, 5.41) is 3.92. The van der Waals surface area contributed by atoms with Crippen molar-refractivity contribution in [2.45, 2.75) is 13.0 Å². The molecular weight excluding hydrogens is 246 g/mol. The van der Waals surface area contributed by atoms with E-state index in [0.29, 0.717) is 18.3 Å². The Kier molecular flexibility index (Phi) is 4.13. The van der Waals surface area contributed by atoms with Gasteiger partial charge in [0.25, 0.3) is 0 Å². The lowest BCUT2D eigenvalue weighted by molar-refractivity contribution is 0.166. The molecule has 19 heavy (non-hydrogen) atoms. The first-order chi connectivity index (χ1) is 9.15. The van der Waals surface area contributed by atoms with E-state index in [1.54, 1.807) is 14.2 Å². The van der Waals surface area contributed by atoms with Gasteiger partial charge < -0.3 is 19.7 Å². The Labute approximate surface area is 111 Å². The van der Waals surface area contributed by atoms with Crippen molar-refractivity contribution in [3.8, 4) is 17.1 Å². The number of hydrogen-bond donors (Lipinski definition) is 1. The molecule has 1 atom stereocenters. The first-order valence-corrected chi connectivity index (χ1v) is 5.89. The Morgan fingerprint density at radius 1 is 1.37 bits per heavy atom. The summed E-state index contributed by atoms with van der Waals surface area (Å²) in [6, 6.07) is 5.28. The van der Waals surface area contributed by atoms with Crippen LogP contribution in [0.4, 0.5) is 0 Å². The molecule has 1 heterocycles. The van der Waals surface area contributed by atoms with E-state index in [0.717, 1.165) is 16.9 Å². The molecule has 2 aromatic rings.